The number of fused-ring (bicyclic) bond motifs is 3. The van der Waals surface area contributed by atoms with E-state index in [9.17, 15) is 19.8 Å². The van der Waals surface area contributed by atoms with Gasteiger partial charge in [0.05, 0.1) is 24.2 Å². The van der Waals surface area contributed by atoms with Gasteiger partial charge in [0.15, 0.2) is 0 Å². The second-order valence-corrected chi connectivity index (χ2v) is 5.84. The van der Waals surface area contributed by atoms with Gasteiger partial charge in [0, 0.05) is 13.0 Å². The van der Waals surface area contributed by atoms with E-state index in [-0.39, 0.29) is 60.7 Å². The number of carbonyl (C=O) groups is 2. The molecule has 2 fully saturated rings. The first-order valence-corrected chi connectivity index (χ1v) is 7.00. The molecule has 6 nitrogen and oxygen atoms in total. The molecule has 112 valence electrons. The third-order valence-electron chi connectivity index (χ3n) is 4.85. The van der Waals surface area contributed by atoms with Gasteiger partial charge in [0.25, 0.3) is 0 Å². The summed E-state index contributed by atoms with van der Waals surface area (Å²) in [7, 11) is 1.57. The summed E-state index contributed by atoms with van der Waals surface area (Å²) >= 11 is 0. The van der Waals surface area contributed by atoms with E-state index in [0.29, 0.717) is 0 Å². The number of rotatable bonds is 3. The second-order valence-electron chi connectivity index (χ2n) is 5.84. The molecule has 0 aromatic heterocycles. The van der Waals surface area contributed by atoms with Crippen LogP contribution >= 0.6 is 0 Å². The Morgan fingerprint density at radius 1 is 1.48 bits per heavy atom. The number of carboxylic acids is 1. The van der Waals surface area contributed by atoms with Gasteiger partial charge in [-0.1, -0.05) is 0 Å². The van der Waals surface area contributed by atoms with Crippen LogP contribution in [0.25, 0.3) is 0 Å². The number of aliphatic carboxylic acids is 1. The largest absolute Gasteiger partial charge is 1.00 e. The van der Waals surface area contributed by atoms with Crippen molar-refractivity contribution in [1.29, 1.82) is 0 Å². The minimum Gasteiger partial charge on any atom is -1.00 e. The van der Waals surface area contributed by atoms with Crippen molar-refractivity contribution in [3.8, 4) is 0 Å². The molecule has 1 unspecified atom stereocenters. The number of carbonyl (C=O) groups excluding carboxylic acids is 1. The summed E-state index contributed by atoms with van der Waals surface area (Å²) < 4.78 is 5.42. The molecule has 2 N–H and O–H groups in total. The number of nitrogens with zero attached hydrogens (tertiary/aromatic N) is 1. The van der Waals surface area contributed by atoms with Crippen LogP contribution in [0.15, 0.2) is 11.3 Å². The topological polar surface area (TPSA) is 87.1 Å². The van der Waals surface area contributed by atoms with Crippen molar-refractivity contribution < 1.29 is 55.5 Å². The smallest absolute Gasteiger partial charge is 1.00 e. The predicted molar refractivity (Wildman–Crippen MR) is 69.7 cm³/mol. The van der Waals surface area contributed by atoms with Crippen LogP contribution in [-0.2, 0) is 14.3 Å². The zero-order valence-corrected chi connectivity index (χ0v) is 14.6. The van der Waals surface area contributed by atoms with E-state index in [1.165, 1.54) is 4.90 Å². The monoisotopic (exact) mass is 305 g/mol. The van der Waals surface area contributed by atoms with Crippen LogP contribution in [0, 0.1) is 11.8 Å². The van der Waals surface area contributed by atoms with Crippen molar-refractivity contribution in [2.45, 2.75) is 44.4 Å². The molecule has 0 aromatic carbocycles. The number of aliphatic hydroxyl groups excluding tert-OH is 1. The van der Waals surface area contributed by atoms with Crippen LogP contribution in [-0.4, -0.2) is 52.3 Å². The quantitative estimate of drug-likeness (QED) is 0.444. The standard InChI is InChI=1S/C14H19NO5.Na.H/c1-6(16)9-11-7-4-3-5-8(20-2)10(7)12(14(18)19)15(11)13(9)17;;/h6-9,11,16H,3-5H2,1-2H3,(H,18,19);;/q;+1;-1/t6?,7-,8-,9+,11+;;/m0../s1. The molecule has 1 aliphatic carbocycles. The first-order chi connectivity index (χ1) is 9.49. The number of aliphatic hydroxyl groups is 1. The van der Waals surface area contributed by atoms with E-state index < -0.39 is 18.0 Å². The van der Waals surface area contributed by atoms with Gasteiger partial charge < -0.3 is 21.3 Å². The number of hydrogen-bond acceptors (Lipinski definition) is 4. The summed E-state index contributed by atoms with van der Waals surface area (Å²) in [6.07, 6.45) is 1.61. The van der Waals surface area contributed by atoms with Gasteiger partial charge in [-0.2, -0.15) is 0 Å². The Hall–Kier alpha value is -0.400. The van der Waals surface area contributed by atoms with E-state index in [2.05, 4.69) is 0 Å². The number of amides is 1. The fraction of sp³-hybridized carbons (Fsp3) is 0.714. The molecular formula is C14H20NNaO5. The minimum atomic E-state index is -1.08. The van der Waals surface area contributed by atoms with Crippen LogP contribution < -0.4 is 29.6 Å². The van der Waals surface area contributed by atoms with Crippen molar-refractivity contribution in [3.05, 3.63) is 11.3 Å². The molecule has 3 aliphatic rings. The number of ether oxygens (including phenoxy) is 1. The summed E-state index contributed by atoms with van der Waals surface area (Å²) in [5.41, 5.74) is 0.834. The fourth-order valence-corrected chi connectivity index (χ4v) is 4.08. The Kier molecular flexibility index (Phi) is 4.85. The number of methoxy groups -OCH3 is 1. The molecule has 7 heteroatoms. The van der Waals surface area contributed by atoms with E-state index in [0.717, 1.165) is 24.8 Å². The molecule has 0 aromatic rings. The third kappa shape index (κ3) is 2.28. The molecule has 0 bridgehead atoms. The fourth-order valence-electron chi connectivity index (χ4n) is 4.08. The molecule has 0 spiro atoms. The predicted octanol–water partition coefficient (Wildman–Crippen LogP) is -2.52. The normalized spacial score (nSPS) is 35.6. The Morgan fingerprint density at radius 2 is 2.14 bits per heavy atom. The SMILES string of the molecule is CO[C@H]1CCC[C@H]2C1=C(C(=O)O)N1C(=O)[C@H](C(C)O)[C@@H]21.[H-].[Na+]. The number of hydrogen-bond donors (Lipinski definition) is 2. The van der Waals surface area contributed by atoms with E-state index in [1.54, 1.807) is 14.0 Å². The molecule has 5 atom stereocenters. The Morgan fingerprint density at radius 3 is 2.67 bits per heavy atom. The summed E-state index contributed by atoms with van der Waals surface area (Å²) in [6, 6.07) is -0.207. The number of carboxylic acid groups (broad SMARTS) is 1. The molecule has 2 heterocycles. The maximum atomic E-state index is 12.2. The van der Waals surface area contributed by atoms with E-state index in [4.69, 9.17) is 4.74 Å². The molecule has 1 saturated heterocycles. The first kappa shape index (κ1) is 17.0. The molecule has 2 aliphatic heterocycles. The van der Waals surface area contributed by atoms with Crippen LogP contribution in [0.5, 0.6) is 0 Å². The van der Waals surface area contributed by atoms with Crippen LogP contribution in [0.2, 0.25) is 0 Å². The maximum Gasteiger partial charge on any atom is 1.00 e. The zero-order chi connectivity index (χ0) is 14.6. The summed E-state index contributed by atoms with van der Waals surface area (Å²) in [5.74, 6) is -1.83. The minimum absolute atomic E-state index is 0. The van der Waals surface area contributed by atoms with Gasteiger partial charge in [0.2, 0.25) is 5.91 Å². The van der Waals surface area contributed by atoms with Gasteiger partial charge >= 0.3 is 35.5 Å². The van der Waals surface area contributed by atoms with Gasteiger partial charge in [-0.15, -0.1) is 0 Å². The van der Waals surface area contributed by atoms with Crippen molar-refractivity contribution in [2.75, 3.05) is 7.11 Å². The van der Waals surface area contributed by atoms with Gasteiger partial charge in [-0.25, -0.2) is 4.79 Å². The Balaban J connectivity index is 0.00000121. The third-order valence-corrected chi connectivity index (χ3v) is 4.85. The Labute approximate surface area is 146 Å². The molecule has 21 heavy (non-hydrogen) atoms. The average Bonchev–Trinajstić information content (AvgIpc) is 2.69. The molecular weight excluding hydrogens is 285 g/mol. The molecule has 1 amide bonds. The first-order valence-electron chi connectivity index (χ1n) is 7.00. The summed E-state index contributed by atoms with van der Waals surface area (Å²) in [5, 5.41) is 19.2. The van der Waals surface area contributed by atoms with Crippen molar-refractivity contribution in [2.24, 2.45) is 11.8 Å². The van der Waals surface area contributed by atoms with E-state index >= 15 is 0 Å². The van der Waals surface area contributed by atoms with Crippen LogP contribution in [0.4, 0.5) is 0 Å². The van der Waals surface area contributed by atoms with Crippen LogP contribution in [0.3, 0.4) is 0 Å². The molecule has 1 saturated carbocycles. The average molecular weight is 305 g/mol. The van der Waals surface area contributed by atoms with Crippen molar-refractivity contribution >= 4 is 11.9 Å². The molecule has 3 rings (SSSR count). The van der Waals surface area contributed by atoms with Crippen molar-refractivity contribution in [3.63, 3.8) is 0 Å². The van der Waals surface area contributed by atoms with E-state index in [1.807, 2.05) is 0 Å². The maximum absolute atomic E-state index is 12.2. The van der Waals surface area contributed by atoms with Gasteiger partial charge in [-0.05, 0) is 31.8 Å². The van der Waals surface area contributed by atoms with Gasteiger partial charge in [0.1, 0.15) is 5.70 Å². The zero-order valence-electron chi connectivity index (χ0n) is 13.6. The summed E-state index contributed by atoms with van der Waals surface area (Å²) in [6.45, 7) is 1.59. The van der Waals surface area contributed by atoms with Crippen LogP contribution in [0.1, 0.15) is 27.6 Å². The molecule has 0 radical (unpaired) electrons. The van der Waals surface area contributed by atoms with Gasteiger partial charge in [-0.3, -0.25) is 4.79 Å². The van der Waals surface area contributed by atoms with Crippen molar-refractivity contribution in [1.82, 2.24) is 4.90 Å². The second kappa shape index (κ2) is 6.01. The Bertz CT molecular complexity index is 509. The summed E-state index contributed by atoms with van der Waals surface area (Å²) in [4.78, 5) is 25.1. The number of β-lactam (4-membered cyclic amide) rings is 1.